The molecule has 2 aliphatic rings. The second kappa shape index (κ2) is 7.35. The molecule has 0 bridgehead atoms. The lowest BCUT2D eigenvalue weighted by Gasteiger charge is -2.37. The Bertz CT molecular complexity index is 532. The molecule has 2 fully saturated rings. The van der Waals surface area contributed by atoms with Crippen LogP contribution in [0.5, 0.6) is 5.75 Å². The third-order valence-electron chi connectivity index (χ3n) is 5.43. The van der Waals surface area contributed by atoms with Crippen LogP contribution >= 0.6 is 0 Å². The fourth-order valence-corrected chi connectivity index (χ4v) is 3.96. The van der Waals surface area contributed by atoms with Crippen molar-refractivity contribution < 1.29 is 9.53 Å². The highest BCUT2D eigenvalue weighted by Gasteiger charge is 2.31. The van der Waals surface area contributed by atoms with Gasteiger partial charge in [-0.2, -0.15) is 0 Å². The Morgan fingerprint density at radius 1 is 1.13 bits per heavy atom. The number of nitrogens with zero attached hydrogens (tertiary/aromatic N) is 2. The van der Waals surface area contributed by atoms with Gasteiger partial charge in [0.1, 0.15) is 5.75 Å². The van der Waals surface area contributed by atoms with E-state index < -0.39 is 0 Å². The van der Waals surface area contributed by atoms with Crippen LogP contribution in [0.2, 0.25) is 0 Å². The largest absolute Gasteiger partial charge is 0.496 e. The minimum Gasteiger partial charge on any atom is -0.496 e. The number of amides is 1. The van der Waals surface area contributed by atoms with Crippen LogP contribution in [0, 0.1) is 0 Å². The Morgan fingerprint density at radius 3 is 2.43 bits per heavy atom. The van der Waals surface area contributed by atoms with Gasteiger partial charge in [-0.05, 0) is 63.2 Å². The van der Waals surface area contributed by atoms with Crippen molar-refractivity contribution in [3.63, 3.8) is 0 Å². The fraction of sp³-hybridized carbons (Fsp3) is 0.632. The van der Waals surface area contributed by atoms with E-state index in [2.05, 4.69) is 24.0 Å². The predicted octanol–water partition coefficient (Wildman–Crippen LogP) is 2.89. The van der Waals surface area contributed by atoms with Crippen molar-refractivity contribution >= 4 is 5.91 Å². The Morgan fingerprint density at radius 2 is 1.78 bits per heavy atom. The molecule has 0 radical (unpaired) electrons. The highest BCUT2D eigenvalue weighted by Crippen LogP contribution is 2.34. The zero-order chi connectivity index (χ0) is 16.2. The van der Waals surface area contributed by atoms with Crippen molar-refractivity contribution in [2.24, 2.45) is 0 Å². The molecule has 0 unspecified atom stereocenters. The molecule has 4 heteroatoms. The molecule has 1 atom stereocenters. The van der Waals surface area contributed by atoms with Crippen LogP contribution in [0.15, 0.2) is 24.3 Å². The van der Waals surface area contributed by atoms with Gasteiger partial charge in [0, 0.05) is 13.1 Å². The number of benzene rings is 1. The molecule has 2 aliphatic heterocycles. The van der Waals surface area contributed by atoms with Crippen molar-refractivity contribution in [1.82, 2.24) is 9.80 Å². The van der Waals surface area contributed by atoms with E-state index in [9.17, 15) is 4.79 Å². The average Bonchev–Trinajstić information content (AvgIpc) is 3.15. The number of likely N-dealkylation sites (tertiary alicyclic amines) is 2. The number of hydrogen-bond acceptors (Lipinski definition) is 3. The lowest BCUT2D eigenvalue weighted by molar-refractivity contribution is -0.135. The molecule has 2 saturated heterocycles. The molecule has 0 saturated carbocycles. The van der Waals surface area contributed by atoms with Crippen LogP contribution in [0.3, 0.4) is 0 Å². The molecule has 3 rings (SSSR count). The normalized spacial score (nSPS) is 21.4. The maximum Gasteiger partial charge on any atom is 0.239 e. The maximum absolute atomic E-state index is 12.6. The lowest BCUT2D eigenvalue weighted by Crippen LogP contribution is -2.48. The van der Waals surface area contributed by atoms with Crippen LogP contribution in [0.4, 0.5) is 0 Å². The first kappa shape index (κ1) is 16.3. The zero-order valence-electron chi connectivity index (χ0n) is 14.3. The standard InChI is InChI=1S/C19H28N2O2/c1-15(19(22)21-11-5-6-12-21)20-13-9-16(10-14-20)17-7-3-4-8-18(17)23-2/h3-4,7-8,15-16H,5-6,9-14H2,1-2H3/t15-/m0/s1. The van der Waals surface area contributed by atoms with Gasteiger partial charge in [-0.25, -0.2) is 0 Å². The molecule has 0 spiro atoms. The van der Waals surface area contributed by atoms with Crippen molar-refractivity contribution in [2.75, 3.05) is 33.3 Å². The summed E-state index contributed by atoms with van der Waals surface area (Å²) in [6, 6.07) is 8.35. The molecule has 4 nitrogen and oxygen atoms in total. The Labute approximate surface area is 139 Å². The van der Waals surface area contributed by atoms with Gasteiger partial charge < -0.3 is 9.64 Å². The summed E-state index contributed by atoms with van der Waals surface area (Å²) in [5.74, 6) is 1.85. The first-order chi connectivity index (χ1) is 11.2. The van der Waals surface area contributed by atoms with Crippen LogP contribution < -0.4 is 4.74 Å². The highest BCUT2D eigenvalue weighted by atomic mass is 16.5. The van der Waals surface area contributed by atoms with Gasteiger partial charge in [0.15, 0.2) is 0 Å². The first-order valence-electron chi connectivity index (χ1n) is 8.86. The Kier molecular flexibility index (Phi) is 5.21. The molecule has 1 aromatic rings. The van der Waals surface area contributed by atoms with Crippen LogP contribution in [-0.4, -0.2) is 55.0 Å². The van der Waals surface area contributed by atoms with Gasteiger partial charge in [-0.3, -0.25) is 9.69 Å². The number of ether oxygens (including phenoxy) is 1. The number of piperidine rings is 1. The van der Waals surface area contributed by atoms with Gasteiger partial charge in [0.2, 0.25) is 5.91 Å². The Hall–Kier alpha value is -1.55. The topological polar surface area (TPSA) is 32.8 Å². The molecule has 1 aromatic carbocycles. The number of methoxy groups -OCH3 is 1. The molecule has 0 N–H and O–H groups in total. The van der Waals surface area contributed by atoms with E-state index in [1.807, 2.05) is 17.0 Å². The van der Waals surface area contributed by atoms with E-state index in [-0.39, 0.29) is 6.04 Å². The number of rotatable bonds is 4. The van der Waals surface area contributed by atoms with Crippen molar-refractivity contribution in [2.45, 2.75) is 44.6 Å². The second-order valence-electron chi connectivity index (χ2n) is 6.76. The van der Waals surface area contributed by atoms with E-state index >= 15 is 0 Å². The van der Waals surface area contributed by atoms with Gasteiger partial charge in [0.25, 0.3) is 0 Å². The summed E-state index contributed by atoms with van der Waals surface area (Å²) in [6.07, 6.45) is 4.51. The van der Waals surface area contributed by atoms with E-state index in [0.717, 1.165) is 57.6 Å². The molecule has 1 amide bonds. The number of hydrogen-bond donors (Lipinski definition) is 0. The minimum atomic E-state index is 0.0201. The molecular formula is C19H28N2O2. The summed E-state index contributed by atoms with van der Waals surface area (Å²) in [6.45, 7) is 5.94. The van der Waals surface area contributed by atoms with Crippen LogP contribution in [-0.2, 0) is 4.79 Å². The van der Waals surface area contributed by atoms with Crippen LogP contribution in [0.25, 0.3) is 0 Å². The first-order valence-corrected chi connectivity index (χ1v) is 8.86. The monoisotopic (exact) mass is 316 g/mol. The number of carbonyl (C=O) groups excluding carboxylic acids is 1. The summed E-state index contributed by atoms with van der Waals surface area (Å²) in [5.41, 5.74) is 1.31. The quantitative estimate of drug-likeness (QED) is 0.856. The van der Waals surface area contributed by atoms with E-state index in [4.69, 9.17) is 4.74 Å². The summed E-state index contributed by atoms with van der Waals surface area (Å²) in [4.78, 5) is 17.0. The molecule has 23 heavy (non-hydrogen) atoms. The third-order valence-corrected chi connectivity index (χ3v) is 5.43. The van der Waals surface area contributed by atoms with Crippen molar-refractivity contribution in [3.8, 4) is 5.75 Å². The third kappa shape index (κ3) is 3.52. The average molecular weight is 316 g/mol. The van der Waals surface area contributed by atoms with E-state index in [0.29, 0.717) is 11.8 Å². The van der Waals surface area contributed by atoms with Crippen molar-refractivity contribution in [1.29, 1.82) is 0 Å². The fourth-order valence-electron chi connectivity index (χ4n) is 3.96. The van der Waals surface area contributed by atoms with Gasteiger partial charge in [-0.1, -0.05) is 18.2 Å². The summed E-state index contributed by atoms with van der Waals surface area (Å²) >= 11 is 0. The van der Waals surface area contributed by atoms with Crippen molar-refractivity contribution in [3.05, 3.63) is 29.8 Å². The minimum absolute atomic E-state index is 0.0201. The predicted molar refractivity (Wildman–Crippen MR) is 91.8 cm³/mol. The zero-order valence-corrected chi connectivity index (χ0v) is 14.3. The Balaban J connectivity index is 1.58. The number of carbonyl (C=O) groups is 1. The summed E-state index contributed by atoms with van der Waals surface area (Å²) in [5, 5.41) is 0. The summed E-state index contributed by atoms with van der Waals surface area (Å²) in [7, 11) is 1.74. The lowest BCUT2D eigenvalue weighted by atomic mass is 9.88. The van der Waals surface area contributed by atoms with Gasteiger partial charge in [-0.15, -0.1) is 0 Å². The van der Waals surface area contributed by atoms with E-state index in [1.54, 1.807) is 7.11 Å². The van der Waals surface area contributed by atoms with Gasteiger partial charge >= 0.3 is 0 Å². The smallest absolute Gasteiger partial charge is 0.239 e. The molecule has 2 heterocycles. The highest BCUT2D eigenvalue weighted by molar-refractivity contribution is 5.81. The number of para-hydroxylation sites is 1. The molecule has 0 aromatic heterocycles. The summed E-state index contributed by atoms with van der Waals surface area (Å²) < 4.78 is 5.50. The maximum atomic E-state index is 12.6. The SMILES string of the molecule is COc1ccccc1C1CCN([C@@H](C)C(=O)N2CCCC2)CC1. The molecule has 126 valence electrons. The second-order valence-corrected chi connectivity index (χ2v) is 6.76. The molecule has 0 aliphatic carbocycles. The van der Waals surface area contributed by atoms with Gasteiger partial charge in [0.05, 0.1) is 13.2 Å². The van der Waals surface area contributed by atoms with E-state index in [1.165, 1.54) is 5.56 Å². The molecular weight excluding hydrogens is 288 g/mol. The van der Waals surface area contributed by atoms with Crippen LogP contribution in [0.1, 0.15) is 44.1 Å².